The number of halogens is 2. The zero-order chi connectivity index (χ0) is 12.3. The molecule has 0 aromatic heterocycles. The summed E-state index contributed by atoms with van der Waals surface area (Å²) in [4.78, 5) is 10.6. The van der Waals surface area contributed by atoms with Crippen molar-refractivity contribution in [2.45, 2.75) is 6.42 Å². The molecule has 86 valence electrons. The zero-order valence-corrected chi connectivity index (χ0v) is 12.2. The Morgan fingerprint density at radius 3 is 2.00 bits per heavy atom. The summed E-state index contributed by atoms with van der Waals surface area (Å²) < 4.78 is 2.12. The average molecular weight is 354 g/mol. The van der Waals surface area contributed by atoms with E-state index in [9.17, 15) is 4.79 Å². The van der Waals surface area contributed by atoms with Gasteiger partial charge in [-0.1, -0.05) is 56.1 Å². The third kappa shape index (κ3) is 3.51. The summed E-state index contributed by atoms with van der Waals surface area (Å²) in [5, 5.41) is 0. The summed E-state index contributed by atoms with van der Waals surface area (Å²) in [7, 11) is 0. The van der Waals surface area contributed by atoms with Crippen LogP contribution in [-0.2, 0) is 6.42 Å². The van der Waals surface area contributed by atoms with Gasteiger partial charge in [-0.2, -0.15) is 0 Å². The van der Waals surface area contributed by atoms with Gasteiger partial charge in [-0.25, -0.2) is 0 Å². The predicted octanol–water partition coefficient (Wildman–Crippen LogP) is 4.61. The Labute approximate surface area is 117 Å². The number of rotatable bonds is 3. The Bertz CT molecular complexity index is 512. The lowest BCUT2D eigenvalue weighted by Gasteiger charge is -2.04. The maximum absolute atomic E-state index is 10.6. The Balaban J connectivity index is 2.21. The number of carbonyl (C=O) groups is 1. The molecule has 0 N–H and O–H groups in total. The lowest BCUT2D eigenvalue weighted by Crippen LogP contribution is -1.89. The maximum atomic E-state index is 10.6. The van der Waals surface area contributed by atoms with Gasteiger partial charge in [0, 0.05) is 14.5 Å². The van der Waals surface area contributed by atoms with Gasteiger partial charge in [-0.05, 0) is 35.7 Å². The SMILES string of the molecule is O=Cc1ccc(Cc2cc(Br)cc(Br)c2)cc1. The molecule has 2 aromatic rings. The second-order valence-corrected chi connectivity index (χ2v) is 5.65. The smallest absolute Gasteiger partial charge is 0.150 e. The van der Waals surface area contributed by atoms with Gasteiger partial charge in [0.05, 0.1) is 0 Å². The van der Waals surface area contributed by atoms with E-state index >= 15 is 0 Å². The first-order valence-electron chi connectivity index (χ1n) is 5.16. The quantitative estimate of drug-likeness (QED) is 0.736. The highest BCUT2D eigenvalue weighted by Crippen LogP contribution is 2.22. The molecular formula is C14H10Br2O. The van der Waals surface area contributed by atoms with Crippen LogP contribution < -0.4 is 0 Å². The molecule has 0 saturated carbocycles. The van der Waals surface area contributed by atoms with Crippen molar-refractivity contribution in [1.29, 1.82) is 0 Å². The van der Waals surface area contributed by atoms with Crippen LogP contribution in [0.25, 0.3) is 0 Å². The van der Waals surface area contributed by atoms with Gasteiger partial charge < -0.3 is 0 Å². The van der Waals surface area contributed by atoms with E-state index in [0.29, 0.717) is 5.56 Å². The minimum Gasteiger partial charge on any atom is -0.298 e. The average Bonchev–Trinajstić information content (AvgIpc) is 2.28. The molecule has 0 fully saturated rings. The van der Waals surface area contributed by atoms with Gasteiger partial charge in [-0.15, -0.1) is 0 Å². The zero-order valence-electron chi connectivity index (χ0n) is 8.99. The number of hydrogen-bond acceptors (Lipinski definition) is 1. The first-order valence-corrected chi connectivity index (χ1v) is 6.75. The molecule has 0 unspecified atom stereocenters. The van der Waals surface area contributed by atoms with Crippen LogP contribution in [0.15, 0.2) is 51.4 Å². The Hall–Kier alpha value is -0.930. The summed E-state index contributed by atoms with van der Waals surface area (Å²) in [6.07, 6.45) is 1.72. The third-order valence-corrected chi connectivity index (χ3v) is 3.36. The van der Waals surface area contributed by atoms with E-state index in [1.807, 2.05) is 30.3 Å². The van der Waals surface area contributed by atoms with Crippen molar-refractivity contribution >= 4 is 38.1 Å². The van der Waals surface area contributed by atoms with E-state index in [4.69, 9.17) is 0 Å². The monoisotopic (exact) mass is 352 g/mol. The molecule has 0 spiro atoms. The fourth-order valence-corrected chi connectivity index (χ4v) is 3.05. The molecule has 0 aliphatic carbocycles. The highest BCUT2D eigenvalue weighted by Gasteiger charge is 2.00. The van der Waals surface area contributed by atoms with Crippen molar-refractivity contribution in [3.05, 3.63) is 68.1 Å². The summed E-state index contributed by atoms with van der Waals surface area (Å²) in [5.41, 5.74) is 3.13. The van der Waals surface area contributed by atoms with Crippen LogP contribution in [0.1, 0.15) is 21.5 Å². The van der Waals surface area contributed by atoms with E-state index in [1.165, 1.54) is 11.1 Å². The molecule has 1 nitrogen and oxygen atoms in total. The summed E-state index contributed by atoms with van der Waals surface area (Å²) in [6.45, 7) is 0. The van der Waals surface area contributed by atoms with Gasteiger partial charge in [-0.3, -0.25) is 4.79 Å². The summed E-state index contributed by atoms with van der Waals surface area (Å²) in [5.74, 6) is 0. The lowest BCUT2D eigenvalue weighted by molar-refractivity contribution is 0.112. The Morgan fingerprint density at radius 1 is 0.882 bits per heavy atom. The van der Waals surface area contributed by atoms with Crippen LogP contribution in [0.3, 0.4) is 0 Å². The second kappa shape index (κ2) is 5.61. The molecular weight excluding hydrogens is 344 g/mol. The van der Waals surface area contributed by atoms with E-state index in [1.54, 1.807) is 0 Å². The van der Waals surface area contributed by atoms with Crippen molar-refractivity contribution in [1.82, 2.24) is 0 Å². The van der Waals surface area contributed by atoms with Gasteiger partial charge in [0.25, 0.3) is 0 Å². The van der Waals surface area contributed by atoms with Crippen molar-refractivity contribution in [3.8, 4) is 0 Å². The van der Waals surface area contributed by atoms with Gasteiger partial charge in [0.15, 0.2) is 0 Å². The molecule has 0 aliphatic rings. The molecule has 0 aliphatic heterocycles. The van der Waals surface area contributed by atoms with Crippen molar-refractivity contribution < 1.29 is 4.79 Å². The van der Waals surface area contributed by atoms with Gasteiger partial charge in [0.1, 0.15) is 6.29 Å². The number of benzene rings is 2. The Kier molecular flexibility index (Phi) is 4.13. The molecule has 0 bridgehead atoms. The molecule has 0 heterocycles. The van der Waals surface area contributed by atoms with Gasteiger partial charge in [0.2, 0.25) is 0 Å². The van der Waals surface area contributed by atoms with Crippen molar-refractivity contribution in [3.63, 3.8) is 0 Å². The minimum absolute atomic E-state index is 0.712. The fraction of sp³-hybridized carbons (Fsp3) is 0.0714. The number of aldehydes is 1. The highest BCUT2D eigenvalue weighted by atomic mass is 79.9. The lowest BCUT2D eigenvalue weighted by atomic mass is 10.0. The van der Waals surface area contributed by atoms with E-state index < -0.39 is 0 Å². The largest absolute Gasteiger partial charge is 0.298 e. The van der Waals surface area contributed by atoms with E-state index in [0.717, 1.165) is 21.7 Å². The summed E-state index contributed by atoms with van der Waals surface area (Å²) >= 11 is 6.95. The molecule has 2 rings (SSSR count). The van der Waals surface area contributed by atoms with Crippen LogP contribution in [0, 0.1) is 0 Å². The highest BCUT2D eigenvalue weighted by molar-refractivity contribution is 9.11. The van der Waals surface area contributed by atoms with Crippen LogP contribution in [-0.4, -0.2) is 6.29 Å². The molecule has 0 saturated heterocycles. The number of hydrogen-bond donors (Lipinski definition) is 0. The molecule has 0 atom stereocenters. The number of carbonyl (C=O) groups excluding carboxylic acids is 1. The summed E-state index contributed by atoms with van der Waals surface area (Å²) in [6, 6.07) is 13.9. The second-order valence-electron chi connectivity index (χ2n) is 3.81. The van der Waals surface area contributed by atoms with Crippen molar-refractivity contribution in [2.75, 3.05) is 0 Å². The standard InChI is InChI=1S/C14H10Br2O/c15-13-6-12(7-14(16)8-13)5-10-1-3-11(9-17)4-2-10/h1-4,6-9H,5H2. The molecule has 3 heteroatoms. The first kappa shape index (κ1) is 12.5. The molecule has 17 heavy (non-hydrogen) atoms. The van der Waals surface area contributed by atoms with Crippen LogP contribution in [0.4, 0.5) is 0 Å². The maximum Gasteiger partial charge on any atom is 0.150 e. The topological polar surface area (TPSA) is 17.1 Å². The van der Waals surface area contributed by atoms with Crippen molar-refractivity contribution in [2.24, 2.45) is 0 Å². The van der Waals surface area contributed by atoms with E-state index in [2.05, 4.69) is 44.0 Å². The normalized spacial score (nSPS) is 10.2. The Morgan fingerprint density at radius 2 is 1.47 bits per heavy atom. The van der Waals surface area contributed by atoms with Crippen LogP contribution >= 0.6 is 31.9 Å². The van der Waals surface area contributed by atoms with Gasteiger partial charge >= 0.3 is 0 Å². The van der Waals surface area contributed by atoms with Crippen LogP contribution in [0.2, 0.25) is 0 Å². The fourth-order valence-electron chi connectivity index (χ4n) is 1.66. The predicted molar refractivity (Wildman–Crippen MR) is 76.5 cm³/mol. The van der Waals surface area contributed by atoms with Crippen LogP contribution in [0.5, 0.6) is 0 Å². The third-order valence-electron chi connectivity index (χ3n) is 2.45. The molecule has 0 amide bonds. The molecule has 2 aromatic carbocycles. The van der Waals surface area contributed by atoms with E-state index in [-0.39, 0.29) is 0 Å². The minimum atomic E-state index is 0.712. The first-order chi connectivity index (χ1) is 8.17. The molecule has 0 radical (unpaired) electrons.